The van der Waals surface area contributed by atoms with Crippen molar-refractivity contribution in [2.45, 2.75) is 32.1 Å². The predicted molar refractivity (Wildman–Crippen MR) is 102 cm³/mol. The summed E-state index contributed by atoms with van der Waals surface area (Å²) in [6.45, 7) is 2.72. The lowest BCUT2D eigenvalue weighted by atomic mass is 9.74. The van der Waals surface area contributed by atoms with Gasteiger partial charge in [0, 0.05) is 44.1 Å². The lowest BCUT2D eigenvalue weighted by Crippen LogP contribution is -2.55. The van der Waals surface area contributed by atoms with Crippen LogP contribution in [0.15, 0.2) is 18.2 Å². The van der Waals surface area contributed by atoms with E-state index in [2.05, 4.69) is 10.6 Å². The van der Waals surface area contributed by atoms with Crippen LogP contribution in [0.1, 0.15) is 31.2 Å². The number of nitrogens with one attached hydrogen (secondary N) is 2. The molecule has 2 aliphatic heterocycles. The van der Waals surface area contributed by atoms with E-state index in [4.69, 9.17) is 9.47 Å². The van der Waals surface area contributed by atoms with Gasteiger partial charge in [0.15, 0.2) is 0 Å². The smallest absolute Gasteiger partial charge is 0.317 e. The first kappa shape index (κ1) is 19.3. The molecule has 3 rings (SSSR count). The Balaban J connectivity index is 1.51. The van der Waals surface area contributed by atoms with Gasteiger partial charge in [0.25, 0.3) is 0 Å². The highest BCUT2D eigenvalue weighted by molar-refractivity contribution is 5.77. The molecule has 2 saturated heterocycles. The number of nitrogens with zero attached hydrogens (tertiary/aromatic N) is 1. The highest BCUT2D eigenvalue weighted by Crippen LogP contribution is 2.36. The van der Waals surface area contributed by atoms with Gasteiger partial charge in [-0.3, -0.25) is 4.79 Å². The number of carbonyl (C=O) groups excluding carboxylic acids is 2. The van der Waals surface area contributed by atoms with Crippen LogP contribution in [0.2, 0.25) is 0 Å². The van der Waals surface area contributed by atoms with Crippen molar-refractivity contribution in [1.82, 2.24) is 15.5 Å². The fourth-order valence-corrected chi connectivity index (χ4v) is 4.01. The Morgan fingerprint density at radius 2 is 1.96 bits per heavy atom. The number of rotatable bonds is 5. The number of hydrogen-bond donors (Lipinski definition) is 2. The lowest BCUT2D eigenvalue weighted by Gasteiger charge is -2.44. The number of carbonyl (C=O) groups is 2. The van der Waals surface area contributed by atoms with Gasteiger partial charge in [-0.25, -0.2) is 4.79 Å². The Bertz CT molecular complexity index is 660. The minimum absolute atomic E-state index is 0.0270. The fraction of sp³-hybridized carbons (Fsp3) is 0.600. The van der Waals surface area contributed by atoms with E-state index in [1.165, 1.54) is 0 Å². The van der Waals surface area contributed by atoms with E-state index < -0.39 is 0 Å². The Kier molecular flexibility index (Phi) is 6.08. The first-order valence-corrected chi connectivity index (χ1v) is 9.55. The van der Waals surface area contributed by atoms with Crippen LogP contribution in [-0.4, -0.2) is 57.2 Å². The minimum atomic E-state index is -0.0270. The van der Waals surface area contributed by atoms with Crippen LogP contribution >= 0.6 is 0 Å². The van der Waals surface area contributed by atoms with Crippen LogP contribution in [0.25, 0.3) is 0 Å². The first-order chi connectivity index (χ1) is 13.0. The molecule has 0 bridgehead atoms. The quantitative estimate of drug-likeness (QED) is 0.824. The van der Waals surface area contributed by atoms with Crippen molar-refractivity contribution in [3.63, 3.8) is 0 Å². The standard InChI is InChI=1S/C20H29N3O4/c1-26-16-10-15(11-17(12-16)27-2)5-8-21-19(25)23-9-3-6-20(14-23)7-4-18(24)22-13-20/h10-12H,3-9,13-14H2,1-2H3,(H,21,25)(H,22,24)/t20-/m0/s1. The number of methoxy groups -OCH3 is 2. The molecule has 0 aromatic heterocycles. The molecule has 2 aliphatic rings. The number of piperidine rings is 2. The Morgan fingerprint density at radius 3 is 2.59 bits per heavy atom. The highest BCUT2D eigenvalue weighted by Gasteiger charge is 2.39. The summed E-state index contributed by atoms with van der Waals surface area (Å²) in [5.41, 5.74) is 1.10. The summed E-state index contributed by atoms with van der Waals surface area (Å²) in [6, 6.07) is 5.71. The molecule has 27 heavy (non-hydrogen) atoms. The third-order valence-electron chi connectivity index (χ3n) is 5.59. The summed E-state index contributed by atoms with van der Waals surface area (Å²) in [7, 11) is 3.25. The van der Waals surface area contributed by atoms with Gasteiger partial charge in [-0.15, -0.1) is 0 Å². The van der Waals surface area contributed by atoms with Crippen LogP contribution in [0.5, 0.6) is 11.5 Å². The number of hydrogen-bond acceptors (Lipinski definition) is 4. The van der Waals surface area contributed by atoms with Crippen molar-refractivity contribution in [2.24, 2.45) is 5.41 Å². The van der Waals surface area contributed by atoms with E-state index in [9.17, 15) is 9.59 Å². The highest BCUT2D eigenvalue weighted by atomic mass is 16.5. The fourth-order valence-electron chi connectivity index (χ4n) is 4.01. The van der Waals surface area contributed by atoms with E-state index in [0.29, 0.717) is 32.5 Å². The second-order valence-corrected chi connectivity index (χ2v) is 7.50. The Labute approximate surface area is 160 Å². The monoisotopic (exact) mass is 375 g/mol. The second kappa shape index (κ2) is 8.50. The molecule has 2 N–H and O–H groups in total. The van der Waals surface area contributed by atoms with Gasteiger partial charge in [-0.2, -0.15) is 0 Å². The van der Waals surface area contributed by atoms with Gasteiger partial charge in [0.05, 0.1) is 14.2 Å². The zero-order valence-corrected chi connectivity index (χ0v) is 16.2. The molecule has 1 aromatic rings. The molecule has 7 heteroatoms. The summed E-state index contributed by atoms with van der Waals surface area (Å²) in [5.74, 6) is 1.61. The molecule has 1 spiro atoms. The van der Waals surface area contributed by atoms with E-state index in [-0.39, 0.29) is 17.4 Å². The van der Waals surface area contributed by atoms with E-state index in [1.807, 2.05) is 23.1 Å². The van der Waals surface area contributed by atoms with Gasteiger partial charge >= 0.3 is 6.03 Å². The number of amides is 3. The maximum atomic E-state index is 12.6. The average Bonchev–Trinajstić information content (AvgIpc) is 2.70. The van der Waals surface area contributed by atoms with Crippen LogP contribution in [0.3, 0.4) is 0 Å². The zero-order valence-electron chi connectivity index (χ0n) is 16.2. The second-order valence-electron chi connectivity index (χ2n) is 7.50. The molecular formula is C20H29N3O4. The topological polar surface area (TPSA) is 79.9 Å². The number of ether oxygens (including phenoxy) is 2. The van der Waals surface area contributed by atoms with Gasteiger partial charge in [0.1, 0.15) is 11.5 Å². The third kappa shape index (κ3) is 4.84. The molecule has 0 saturated carbocycles. The van der Waals surface area contributed by atoms with Crippen LogP contribution in [0, 0.1) is 5.41 Å². The molecule has 0 unspecified atom stereocenters. The van der Waals surface area contributed by atoms with Gasteiger partial charge in [-0.05, 0) is 43.4 Å². The van der Waals surface area contributed by atoms with E-state index in [0.717, 1.165) is 42.9 Å². The molecule has 2 heterocycles. The molecule has 3 amide bonds. The molecule has 148 valence electrons. The third-order valence-corrected chi connectivity index (χ3v) is 5.59. The van der Waals surface area contributed by atoms with Crippen molar-refractivity contribution in [3.05, 3.63) is 23.8 Å². The zero-order chi connectivity index (χ0) is 19.3. The molecule has 1 aromatic carbocycles. The lowest BCUT2D eigenvalue weighted by molar-refractivity contribution is -0.125. The predicted octanol–water partition coefficient (Wildman–Crippen LogP) is 1.95. The summed E-state index contributed by atoms with van der Waals surface area (Å²) >= 11 is 0. The average molecular weight is 375 g/mol. The van der Waals surface area contributed by atoms with Crippen molar-refractivity contribution in [2.75, 3.05) is 40.4 Å². The maximum absolute atomic E-state index is 12.6. The minimum Gasteiger partial charge on any atom is -0.497 e. The molecule has 1 atom stereocenters. The summed E-state index contributed by atoms with van der Waals surface area (Å²) < 4.78 is 10.6. The molecule has 0 radical (unpaired) electrons. The molecule has 0 aliphatic carbocycles. The maximum Gasteiger partial charge on any atom is 0.317 e. The molecular weight excluding hydrogens is 346 g/mol. The number of likely N-dealkylation sites (tertiary alicyclic amines) is 1. The first-order valence-electron chi connectivity index (χ1n) is 9.55. The summed E-state index contributed by atoms with van der Waals surface area (Å²) in [4.78, 5) is 25.9. The van der Waals surface area contributed by atoms with Gasteiger partial charge in [-0.1, -0.05) is 0 Å². The van der Waals surface area contributed by atoms with Crippen molar-refractivity contribution in [3.8, 4) is 11.5 Å². The van der Waals surface area contributed by atoms with Crippen LogP contribution < -0.4 is 20.1 Å². The van der Waals surface area contributed by atoms with Gasteiger partial charge in [0.2, 0.25) is 5.91 Å². The van der Waals surface area contributed by atoms with E-state index in [1.54, 1.807) is 14.2 Å². The summed E-state index contributed by atoms with van der Waals surface area (Å²) in [5, 5.41) is 5.99. The van der Waals surface area contributed by atoms with E-state index >= 15 is 0 Å². The Hall–Kier alpha value is -2.44. The van der Waals surface area contributed by atoms with Crippen molar-refractivity contribution in [1.29, 1.82) is 0 Å². The summed E-state index contributed by atoms with van der Waals surface area (Å²) in [6.07, 6.45) is 4.19. The number of urea groups is 1. The Morgan fingerprint density at radius 1 is 1.22 bits per heavy atom. The van der Waals surface area contributed by atoms with Crippen LogP contribution in [0.4, 0.5) is 4.79 Å². The van der Waals surface area contributed by atoms with Crippen molar-refractivity contribution >= 4 is 11.9 Å². The molecule has 7 nitrogen and oxygen atoms in total. The normalized spacial score (nSPS) is 22.3. The largest absolute Gasteiger partial charge is 0.497 e. The van der Waals surface area contributed by atoms with Crippen molar-refractivity contribution < 1.29 is 19.1 Å². The number of benzene rings is 1. The van der Waals surface area contributed by atoms with Gasteiger partial charge < -0.3 is 25.0 Å². The molecule has 2 fully saturated rings. The van der Waals surface area contributed by atoms with Crippen LogP contribution in [-0.2, 0) is 11.2 Å². The SMILES string of the molecule is COc1cc(CCNC(=O)N2CCC[C@@]3(CCC(=O)NC3)C2)cc(OC)c1.